The standard InChI is InChI=1S/C28H28N2O3S/c1-20(21-9-4-3-5-10-21)30(2)28-18-16-23-15-17-24(19-26(23)33-28)29-34(31,32)27-14-8-12-22-11-6-7-13-25(22)27/h3-15,17,19-20,28-29H,16,18H2,1-2H3. The molecule has 4 aromatic rings. The van der Waals surface area contributed by atoms with Crippen LogP contribution in [0.2, 0.25) is 0 Å². The molecule has 2 unspecified atom stereocenters. The van der Waals surface area contributed by atoms with E-state index in [1.54, 1.807) is 18.2 Å². The number of nitrogens with zero attached hydrogens (tertiary/aromatic N) is 1. The first-order chi connectivity index (χ1) is 16.4. The van der Waals surface area contributed by atoms with Crippen LogP contribution in [-0.4, -0.2) is 26.6 Å². The van der Waals surface area contributed by atoms with Crippen LogP contribution < -0.4 is 9.46 Å². The summed E-state index contributed by atoms with van der Waals surface area (Å²) in [5.74, 6) is 0.724. The summed E-state index contributed by atoms with van der Waals surface area (Å²) in [5.41, 5.74) is 2.81. The molecule has 0 saturated heterocycles. The minimum absolute atomic E-state index is 0.0902. The summed E-state index contributed by atoms with van der Waals surface area (Å²) >= 11 is 0. The Morgan fingerprint density at radius 3 is 2.50 bits per heavy atom. The number of fused-ring (bicyclic) bond motifs is 2. The molecule has 5 nitrogen and oxygen atoms in total. The second-order valence-electron chi connectivity index (χ2n) is 8.77. The molecule has 174 valence electrons. The molecular formula is C28H28N2O3S. The molecule has 0 aliphatic carbocycles. The average Bonchev–Trinajstić information content (AvgIpc) is 2.87. The highest BCUT2D eigenvalue weighted by Crippen LogP contribution is 2.34. The minimum atomic E-state index is -3.76. The first-order valence-electron chi connectivity index (χ1n) is 11.5. The van der Waals surface area contributed by atoms with Crippen LogP contribution in [-0.2, 0) is 16.4 Å². The van der Waals surface area contributed by atoms with Gasteiger partial charge in [-0.25, -0.2) is 8.42 Å². The third-order valence-electron chi connectivity index (χ3n) is 6.63. The van der Waals surface area contributed by atoms with Gasteiger partial charge in [0.05, 0.1) is 10.6 Å². The van der Waals surface area contributed by atoms with Gasteiger partial charge in [0.25, 0.3) is 10.0 Å². The van der Waals surface area contributed by atoms with E-state index in [9.17, 15) is 8.42 Å². The van der Waals surface area contributed by atoms with Gasteiger partial charge >= 0.3 is 0 Å². The summed E-state index contributed by atoms with van der Waals surface area (Å²) in [4.78, 5) is 2.49. The van der Waals surface area contributed by atoms with Gasteiger partial charge in [0.2, 0.25) is 0 Å². The van der Waals surface area contributed by atoms with Gasteiger partial charge in [0.15, 0.2) is 6.23 Å². The fourth-order valence-corrected chi connectivity index (χ4v) is 5.84. The predicted octanol–water partition coefficient (Wildman–Crippen LogP) is 5.98. The lowest BCUT2D eigenvalue weighted by molar-refractivity contribution is 0.00374. The van der Waals surface area contributed by atoms with Crippen molar-refractivity contribution < 1.29 is 13.2 Å². The van der Waals surface area contributed by atoms with Crippen LogP contribution in [0.3, 0.4) is 0 Å². The van der Waals surface area contributed by atoms with Crippen LogP contribution >= 0.6 is 0 Å². The van der Waals surface area contributed by atoms with Crippen LogP contribution in [0, 0.1) is 0 Å². The number of rotatable bonds is 6. The Kier molecular flexibility index (Phi) is 6.02. The van der Waals surface area contributed by atoms with Crippen molar-refractivity contribution in [1.29, 1.82) is 0 Å². The number of hydrogen-bond acceptors (Lipinski definition) is 4. The predicted molar refractivity (Wildman–Crippen MR) is 137 cm³/mol. The molecule has 0 radical (unpaired) electrons. The molecule has 0 bridgehead atoms. The number of ether oxygens (including phenoxy) is 1. The van der Waals surface area contributed by atoms with Crippen molar-refractivity contribution in [1.82, 2.24) is 4.90 Å². The van der Waals surface area contributed by atoms with Gasteiger partial charge in [-0.1, -0.05) is 72.8 Å². The van der Waals surface area contributed by atoms with Gasteiger partial charge in [0, 0.05) is 23.9 Å². The summed E-state index contributed by atoms with van der Waals surface area (Å²) in [5, 5.41) is 1.58. The highest BCUT2D eigenvalue weighted by molar-refractivity contribution is 7.93. The van der Waals surface area contributed by atoms with Crippen molar-refractivity contribution >= 4 is 26.5 Å². The molecule has 1 heterocycles. The third-order valence-corrected chi connectivity index (χ3v) is 8.07. The van der Waals surface area contributed by atoms with Crippen molar-refractivity contribution in [2.45, 2.75) is 36.9 Å². The van der Waals surface area contributed by atoms with Crippen molar-refractivity contribution in [2.24, 2.45) is 0 Å². The summed E-state index contributed by atoms with van der Waals surface area (Å²) in [6.07, 6.45) is 1.66. The number of hydrogen-bond donors (Lipinski definition) is 1. The molecule has 0 spiro atoms. The van der Waals surface area contributed by atoms with E-state index in [0.29, 0.717) is 11.1 Å². The van der Waals surface area contributed by atoms with Crippen molar-refractivity contribution in [3.63, 3.8) is 0 Å². The average molecular weight is 473 g/mol. The molecule has 0 saturated carbocycles. The maximum absolute atomic E-state index is 13.2. The molecule has 0 aromatic heterocycles. The molecule has 6 heteroatoms. The lowest BCUT2D eigenvalue weighted by Crippen LogP contribution is -2.40. The topological polar surface area (TPSA) is 58.6 Å². The SMILES string of the molecule is CC(c1ccccc1)N(C)C1CCc2ccc(NS(=O)(=O)c3cccc4ccccc34)cc2O1. The summed E-state index contributed by atoms with van der Waals surface area (Å²) in [6, 6.07) is 28.9. The molecule has 5 rings (SSSR count). The van der Waals surface area contributed by atoms with Crippen molar-refractivity contribution in [2.75, 3.05) is 11.8 Å². The number of nitrogens with one attached hydrogen (secondary N) is 1. The van der Waals surface area contributed by atoms with E-state index in [1.807, 2.05) is 60.7 Å². The van der Waals surface area contributed by atoms with Gasteiger partial charge in [-0.15, -0.1) is 0 Å². The van der Waals surface area contributed by atoms with Gasteiger partial charge < -0.3 is 4.74 Å². The normalized spacial score (nSPS) is 16.6. The Labute approximate surface area is 201 Å². The number of sulfonamides is 1. The molecule has 2 atom stereocenters. The Balaban J connectivity index is 1.37. The Morgan fingerprint density at radius 2 is 1.68 bits per heavy atom. The molecule has 4 aromatic carbocycles. The van der Waals surface area contributed by atoms with Crippen LogP contribution in [0.5, 0.6) is 5.75 Å². The molecular weight excluding hydrogens is 444 g/mol. The van der Waals surface area contributed by atoms with Crippen LogP contribution in [0.1, 0.15) is 30.5 Å². The molecule has 1 aliphatic heterocycles. The maximum Gasteiger partial charge on any atom is 0.262 e. The third kappa shape index (κ3) is 4.39. The van der Waals surface area contributed by atoms with Crippen molar-refractivity contribution in [3.05, 3.63) is 102 Å². The summed E-state index contributed by atoms with van der Waals surface area (Å²) < 4.78 is 35.6. The smallest absolute Gasteiger partial charge is 0.262 e. The fraction of sp³-hybridized carbons (Fsp3) is 0.214. The molecule has 34 heavy (non-hydrogen) atoms. The Hall–Kier alpha value is -3.35. The monoisotopic (exact) mass is 472 g/mol. The lowest BCUT2D eigenvalue weighted by Gasteiger charge is -2.36. The quantitative estimate of drug-likeness (QED) is 0.375. The molecule has 0 amide bonds. The zero-order chi connectivity index (χ0) is 23.7. The first kappa shape index (κ1) is 22.4. The lowest BCUT2D eigenvalue weighted by atomic mass is 10.0. The number of aryl methyl sites for hydroxylation is 1. The molecule has 0 fully saturated rings. The highest BCUT2D eigenvalue weighted by atomic mass is 32.2. The van der Waals surface area contributed by atoms with Gasteiger partial charge in [-0.3, -0.25) is 9.62 Å². The van der Waals surface area contributed by atoms with E-state index >= 15 is 0 Å². The van der Waals surface area contributed by atoms with Crippen LogP contribution in [0.25, 0.3) is 10.8 Å². The summed E-state index contributed by atoms with van der Waals surface area (Å²) in [6.45, 7) is 2.17. The largest absolute Gasteiger partial charge is 0.475 e. The number of anilines is 1. The summed E-state index contributed by atoms with van der Waals surface area (Å²) in [7, 11) is -1.69. The van der Waals surface area contributed by atoms with Crippen molar-refractivity contribution in [3.8, 4) is 5.75 Å². The van der Waals surface area contributed by atoms with E-state index in [4.69, 9.17) is 4.74 Å². The maximum atomic E-state index is 13.2. The Morgan fingerprint density at radius 1 is 0.941 bits per heavy atom. The molecule has 1 N–H and O–H groups in total. The Bertz CT molecular complexity index is 1420. The van der Waals surface area contributed by atoms with E-state index in [1.165, 1.54) is 5.56 Å². The second-order valence-corrected chi connectivity index (χ2v) is 10.4. The zero-order valence-corrected chi connectivity index (χ0v) is 20.1. The van der Waals surface area contributed by atoms with Gasteiger partial charge in [-0.05, 0) is 49.0 Å². The minimum Gasteiger partial charge on any atom is -0.475 e. The van der Waals surface area contributed by atoms with E-state index in [0.717, 1.165) is 29.5 Å². The van der Waals surface area contributed by atoms with Gasteiger partial charge in [0.1, 0.15) is 5.75 Å². The highest BCUT2D eigenvalue weighted by Gasteiger charge is 2.27. The van der Waals surface area contributed by atoms with E-state index in [-0.39, 0.29) is 17.2 Å². The number of benzene rings is 4. The fourth-order valence-electron chi connectivity index (χ4n) is 4.56. The van der Waals surface area contributed by atoms with E-state index < -0.39 is 10.0 Å². The molecule has 1 aliphatic rings. The van der Waals surface area contributed by atoms with E-state index in [2.05, 4.69) is 35.7 Å². The van der Waals surface area contributed by atoms with Gasteiger partial charge in [-0.2, -0.15) is 0 Å². The second kappa shape index (κ2) is 9.12. The zero-order valence-electron chi connectivity index (χ0n) is 19.3. The van der Waals surface area contributed by atoms with Crippen LogP contribution in [0.15, 0.2) is 95.9 Å². The van der Waals surface area contributed by atoms with Crippen LogP contribution in [0.4, 0.5) is 5.69 Å². The first-order valence-corrected chi connectivity index (χ1v) is 13.0.